The molecule has 0 saturated carbocycles. The largest absolute Gasteiger partial charge is 0.508 e. The molecule has 0 atom stereocenters. The second-order valence-corrected chi connectivity index (χ2v) is 6.85. The number of para-hydroxylation sites is 1. The fourth-order valence-electron chi connectivity index (χ4n) is 2.64. The number of aliphatic hydroxyl groups excluding tert-OH is 1. The molecule has 0 fully saturated rings. The number of carbonyl (C=O) groups excluding carboxylic acids is 1. The molecular formula is C21H19NO4S. The molecule has 0 saturated heterocycles. The maximum atomic E-state index is 12.2. The molecule has 2 aromatic rings. The van der Waals surface area contributed by atoms with Gasteiger partial charge in [0.2, 0.25) is 0 Å². The number of aromatic hydroxyl groups is 1. The molecule has 1 aliphatic rings. The van der Waals surface area contributed by atoms with Crippen molar-refractivity contribution in [2.75, 3.05) is 7.11 Å². The van der Waals surface area contributed by atoms with Crippen LogP contribution in [-0.2, 0) is 16.0 Å². The van der Waals surface area contributed by atoms with Crippen LogP contribution < -0.4 is 0 Å². The van der Waals surface area contributed by atoms with E-state index in [1.165, 1.54) is 18.9 Å². The van der Waals surface area contributed by atoms with E-state index in [9.17, 15) is 15.0 Å². The van der Waals surface area contributed by atoms with Gasteiger partial charge in [-0.2, -0.15) is 0 Å². The summed E-state index contributed by atoms with van der Waals surface area (Å²) < 4.78 is 4.83. The SMILES string of the molecule is CCc1ccccc1N=C1S/C(=C/c2ccc(O)cc2)C(O)=C1C(=O)OC. The number of aryl methyl sites for hydroxylation is 1. The molecular weight excluding hydrogens is 362 g/mol. The van der Waals surface area contributed by atoms with Crippen LogP contribution in [-0.4, -0.2) is 28.3 Å². The first-order chi connectivity index (χ1) is 13.0. The summed E-state index contributed by atoms with van der Waals surface area (Å²) in [6.45, 7) is 2.03. The second kappa shape index (κ2) is 8.14. The van der Waals surface area contributed by atoms with Gasteiger partial charge in [0.1, 0.15) is 22.1 Å². The summed E-state index contributed by atoms with van der Waals surface area (Å²) in [6, 6.07) is 14.2. The van der Waals surface area contributed by atoms with Gasteiger partial charge in [0, 0.05) is 0 Å². The number of rotatable bonds is 4. The Hall–Kier alpha value is -2.99. The van der Waals surface area contributed by atoms with Gasteiger partial charge in [-0.1, -0.05) is 49.0 Å². The number of thioether (sulfide) groups is 1. The highest BCUT2D eigenvalue weighted by atomic mass is 32.2. The molecule has 0 amide bonds. The molecule has 1 heterocycles. The van der Waals surface area contributed by atoms with Crippen LogP contribution in [0.5, 0.6) is 5.75 Å². The van der Waals surface area contributed by atoms with Crippen LogP contribution in [0.4, 0.5) is 5.69 Å². The van der Waals surface area contributed by atoms with E-state index in [-0.39, 0.29) is 17.1 Å². The molecule has 0 bridgehead atoms. The van der Waals surface area contributed by atoms with Crippen LogP contribution in [0.2, 0.25) is 0 Å². The fraction of sp³-hybridized carbons (Fsp3) is 0.143. The van der Waals surface area contributed by atoms with Crippen molar-refractivity contribution in [3.63, 3.8) is 0 Å². The van der Waals surface area contributed by atoms with Crippen LogP contribution >= 0.6 is 11.8 Å². The Morgan fingerprint density at radius 1 is 1.15 bits per heavy atom. The smallest absolute Gasteiger partial charge is 0.344 e. The van der Waals surface area contributed by atoms with E-state index in [4.69, 9.17) is 4.74 Å². The zero-order valence-corrected chi connectivity index (χ0v) is 15.8. The Balaban J connectivity index is 2.06. The van der Waals surface area contributed by atoms with Gasteiger partial charge in [0.15, 0.2) is 0 Å². The van der Waals surface area contributed by atoms with E-state index in [1.807, 2.05) is 31.2 Å². The summed E-state index contributed by atoms with van der Waals surface area (Å²) in [5.74, 6) is -0.640. The van der Waals surface area contributed by atoms with Gasteiger partial charge in [-0.25, -0.2) is 9.79 Å². The molecule has 1 aliphatic heterocycles. The van der Waals surface area contributed by atoms with Gasteiger partial charge >= 0.3 is 5.97 Å². The highest BCUT2D eigenvalue weighted by Crippen LogP contribution is 2.40. The molecule has 138 valence electrons. The van der Waals surface area contributed by atoms with Crippen LogP contribution in [0.25, 0.3) is 6.08 Å². The number of carbonyl (C=O) groups is 1. The first kappa shape index (κ1) is 18.8. The van der Waals surface area contributed by atoms with E-state index < -0.39 is 5.97 Å². The second-order valence-electron chi connectivity index (χ2n) is 5.82. The van der Waals surface area contributed by atoms with Crippen molar-refractivity contribution in [2.45, 2.75) is 13.3 Å². The number of esters is 1. The number of phenolic OH excluding ortho intramolecular Hbond substituents is 1. The Morgan fingerprint density at radius 3 is 2.52 bits per heavy atom. The number of aliphatic imine (C=N–C) groups is 1. The highest BCUT2D eigenvalue weighted by Gasteiger charge is 2.33. The van der Waals surface area contributed by atoms with Crippen LogP contribution in [0, 0.1) is 0 Å². The number of nitrogens with zero attached hydrogens (tertiary/aromatic N) is 1. The Kier molecular flexibility index (Phi) is 5.66. The zero-order chi connectivity index (χ0) is 19.4. The number of methoxy groups -OCH3 is 1. The molecule has 0 radical (unpaired) electrons. The number of hydrogen-bond donors (Lipinski definition) is 2. The highest BCUT2D eigenvalue weighted by molar-refractivity contribution is 8.18. The third kappa shape index (κ3) is 4.06. The van der Waals surface area contributed by atoms with E-state index >= 15 is 0 Å². The number of hydrogen-bond acceptors (Lipinski definition) is 6. The number of phenols is 1. The van der Waals surface area contributed by atoms with E-state index in [2.05, 4.69) is 4.99 Å². The summed E-state index contributed by atoms with van der Waals surface area (Å²) in [5.41, 5.74) is 2.63. The molecule has 2 N–H and O–H groups in total. The lowest BCUT2D eigenvalue weighted by Gasteiger charge is -2.05. The first-order valence-electron chi connectivity index (χ1n) is 8.41. The zero-order valence-electron chi connectivity index (χ0n) is 15.0. The summed E-state index contributed by atoms with van der Waals surface area (Å²) in [7, 11) is 1.27. The van der Waals surface area contributed by atoms with Gasteiger partial charge in [-0.15, -0.1) is 0 Å². The van der Waals surface area contributed by atoms with Crippen molar-refractivity contribution in [2.24, 2.45) is 4.99 Å². The van der Waals surface area contributed by atoms with Crippen LogP contribution in [0.3, 0.4) is 0 Å². The van der Waals surface area contributed by atoms with Gasteiger partial charge in [0.25, 0.3) is 0 Å². The van der Waals surface area contributed by atoms with Gasteiger partial charge in [-0.05, 0) is 41.8 Å². The van der Waals surface area contributed by atoms with Crippen molar-refractivity contribution in [3.8, 4) is 5.75 Å². The number of aliphatic hydroxyl groups is 1. The minimum Gasteiger partial charge on any atom is -0.508 e. The summed E-state index contributed by atoms with van der Waals surface area (Å²) in [4.78, 5) is 17.3. The van der Waals surface area contributed by atoms with Crippen molar-refractivity contribution >= 4 is 34.5 Å². The standard InChI is InChI=1S/C21H19NO4S/c1-3-14-6-4-5-7-16(14)22-20-18(21(25)26-2)19(24)17(27-20)12-13-8-10-15(23)11-9-13/h4-12,23-24H,3H2,1-2H3/b17-12+,22-20?. The van der Waals surface area contributed by atoms with Crippen molar-refractivity contribution in [3.05, 3.63) is 75.9 Å². The number of ether oxygens (including phenoxy) is 1. The monoisotopic (exact) mass is 381 g/mol. The molecule has 0 aromatic heterocycles. The van der Waals surface area contributed by atoms with Crippen LogP contribution in [0.15, 0.2) is 69.8 Å². The molecule has 2 aromatic carbocycles. The van der Waals surface area contributed by atoms with Gasteiger partial charge in [0.05, 0.1) is 17.7 Å². The third-order valence-corrected chi connectivity index (χ3v) is 5.09. The molecule has 27 heavy (non-hydrogen) atoms. The molecule has 0 aliphatic carbocycles. The van der Waals surface area contributed by atoms with E-state index in [1.54, 1.807) is 30.3 Å². The van der Waals surface area contributed by atoms with Crippen molar-refractivity contribution < 1.29 is 19.7 Å². The molecule has 0 spiro atoms. The maximum absolute atomic E-state index is 12.2. The fourth-order valence-corrected chi connectivity index (χ4v) is 3.67. The predicted octanol–water partition coefficient (Wildman–Crippen LogP) is 4.76. The van der Waals surface area contributed by atoms with E-state index in [0.29, 0.717) is 9.95 Å². The summed E-state index contributed by atoms with van der Waals surface area (Å²) in [6.07, 6.45) is 2.54. The van der Waals surface area contributed by atoms with Gasteiger partial charge in [-0.3, -0.25) is 0 Å². The third-order valence-electron chi connectivity index (χ3n) is 4.07. The number of benzene rings is 2. The average molecular weight is 381 g/mol. The minimum atomic E-state index is -0.637. The lowest BCUT2D eigenvalue weighted by atomic mass is 10.1. The topological polar surface area (TPSA) is 79.1 Å². The molecule has 6 heteroatoms. The van der Waals surface area contributed by atoms with Crippen molar-refractivity contribution in [1.82, 2.24) is 0 Å². The normalized spacial score (nSPS) is 17.0. The Morgan fingerprint density at radius 2 is 1.85 bits per heavy atom. The quantitative estimate of drug-likeness (QED) is 0.747. The van der Waals surface area contributed by atoms with Crippen LogP contribution in [0.1, 0.15) is 18.1 Å². The maximum Gasteiger partial charge on any atom is 0.344 e. The van der Waals surface area contributed by atoms with Crippen molar-refractivity contribution in [1.29, 1.82) is 0 Å². The summed E-state index contributed by atoms with van der Waals surface area (Å²) >= 11 is 1.21. The minimum absolute atomic E-state index is 0.0541. The predicted molar refractivity (Wildman–Crippen MR) is 108 cm³/mol. The Bertz CT molecular complexity index is 958. The van der Waals surface area contributed by atoms with E-state index in [0.717, 1.165) is 23.2 Å². The summed E-state index contributed by atoms with van der Waals surface area (Å²) in [5, 5.41) is 20.4. The van der Waals surface area contributed by atoms with Gasteiger partial charge < -0.3 is 14.9 Å². The lowest BCUT2D eigenvalue weighted by molar-refractivity contribution is -0.135. The Labute approximate surface area is 161 Å². The first-order valence-corrected chi connectivity index (χ1v) is 9.22. The molecule has 3 rings (SSSR count). The molecule has 0 unspecified atom stereocenters. The lowest BCUT2D eigenvalue weighted by Crippen LogP contribution is -2.10. The average Bonchev–Trinajstić information content (AvgIpc) is 2.98. The molecule has 5 nitrogen and oxygen atoms in total.